The smallest absolute Gasteiger partial charge is 0.136 e. The quantitative estimate of drug-likeness (QED) is 0.717. The Morgan fingerprint density at radius 2 is 2.04 bits per heavy atom. The fourth-order valence-corrected chi connectivity index (χ4v) is 3.77. The number of rotatable bonds is 6. The maximum atomic E-state index is 13.6. The molecule has 0 amide bonds. The van der Waals surface area contributed by atoms with E-state index in [1.807, 2.05) is 28.8 Å². The summed E-state index contributed by atoms with van der Waals surface area (Å²) in [5.41, 5.74) is 1.78. The summed E-state index contributed by atoms with van der Waals surface area (Å²) in [6.07, 6.45) is 1.74. The van der Waals surface area contributed by atoms with Crippen molar-refractivity contribution in [3.05, 3.63) is 71.7 Å². The molecule has 3 aromatic rings. The first-order chi connectivity index (χ1) is 12.1. The normalized spacial score (nSPS) is 11.2. The molecule has 0 saturated carbocycles. The molecule has 1 N–H and O–H groups in total. The number of aromatic nitrogens is 3. The number of aliphatic hydroxyl groups is 1. The maximum absolute atomic E-state index is 13.6. The number of aliphatic hydroxyl groups excluding tert-OH is 1. The van der Waals surface area contributed by atoms with E-state index in [0.717, 1.165) is 21.3 Å². The fraction of sp³-hybridized carbons (Fsp3) is 0.263. The van der Waals surface area contributed by atoms with Gasteiger partial charge < -0.3 is 9.67 Å². The summed E-state index contributed by atoms with van der Waals surface area (Å²) in [6.45, 7) is 4.47. The van der Waals surface area contributed by atoms with Gasteiger partial charge in [-0.3, -0.25) is 4.98 Å². The Balaban J connectivity index is 2.05. The molecule has 0 radical (unpaired) electrons. The predicted molar refractivity (Wildman–Crippen MR) is 96.1 cm³/mol. The zero-order chi connectivity index (χ0) is 17.8. The van der Waals surface area contributed by atoms with Gasteiger partial charge in [-0.1, -0.05) is 37.7 Å². The third kappa shape index (κ3) is 4.08. The first-order valence-corrected chi connectivity index (χ1v) is 8.93. The van der Waals surface area contributed by atoms with Crippen molar-refractivity contribution in [2.24, 2.45) is 0 Å². The number of pyridine rings is 1. The van der Waals surface area contributed by atoms with Crippen LogP contribution in [-0.2, 0) is 13.2 Å². The molecular weight excluding hydrogens is 337 g/mol. The molecule has 0 fully saturated rings. The molecule has 0 aliphatic rings. The van der Waals surface area contributed by atoms with E-state index in [1.54, 1.807) is 12.3 Å². The highest BCUT2D eigenvalue weighted by atomic mass is 32.2. The number of halogens is 1. The molecule has 4 nitrogen and oxygen atoms in total. The van der Waals surface area contributed by atoms with Crippen molar-refractivity contribution in [2.45, 2.75) is 42.8 Å². The van der Waals surface area contributed by atoms with Gasteiger partial charge in [-0.25, -0.2) is 9.37 Å². The van der Waals surface area contributed by atoms with Crippen LogP contribution >= 0.6 is 11.8 Å². The summed E-state index contributed by atoms with van der Waals surface area (Å²) in [5.74, 6) is 0.508. The number of nitrogens with zero attached hydrogens (tertiary/aromatic N) is 3. The summed E-state index contributed by atoms with van der Waals surface area (Å²) in [6, 6.07) is 12.2. The zero-order valence-corrected chi connectivity index (χ0v) is 15.0. The van der Waals surface area contributed by atoms with Crippen molar-refractivity contribution in [3.63, 3.8) is 0 Å². The third-order valence-corrected chi connectivity index (χ3v) is 4.88. The van der Waals surface area contributed by atoms with Gasteiger partial charge in [0.05, 0.1) is 17.9 Å². The van der Waals surface area contributed by atoms with Crippen molar-refractivity contribution >= 4 is 11.8 Å². The molecule has 3 rings (SSSR count). The second kappa shape index (κ2) is 7.80. The highest BCUT2D eigenvalue weighted by Crippen LogP contribution is 2.35. The minimum atomic E-state index is -0.269. The monoisotopic (exact) mass is 357 g/mol. The van der Waals surface area contributed by atoms with E-state index in [2.05, 4.69) is 23.8 Å². The number of imidazole rings is 1. The van der Waals surface area contributed by atoms with Gasteiger partial charge >= 0.3 is 0 Å². The first kappa shape index (κ1) is 17.6. The predicted octanol–water partition coefficient (Wildman–Crippen LogP) is 4.23. The van der Waals surface area contributed by atoms with E-state index in [4.69, 9.17) is 0 Å². The lowest BCUT2D eigenvalue weighted by Gasteiger charge is -2.12. The zero-order valence-electron chi connectivity index (χ0n) is 14.2. The van der Waals surface area contributed by atoms with E-state index in [-0.39, 0.29) is 18.3 Å². The summed E-state index contributed by atoms with van der Waals surface area (Å²) < 4.78 is 15.5. The Hall–Kier alpha value is -2.18. The Labute approximate surface area is 150 Å². The molecule has 0 aliphatic carbocycles. The average molecular weight is 357 g/mol. The van der Waals surface area contributed by atoms with E-state index >= 15 is 0 Å². The van der Waals surface area contributed by atoms with Crippen LogP contribution in [0.4, 0.5) is 4.39 Å². The highest BCUT2D eigenvalue weighted by Gasteiger charge is 2.20. The van der Waals surface area contributed by atoms with Gasteiger partial charge in [-0.15, -0.1) is 0 Å². The molecule has 130 valence electrons. The van der Waals surface area contributed by atoms with Crippen LogP contribution in [0, 0.1) is 5.82 Å². The van der Waals surface area contributed by atoms with E-state index in [0.29, 0.717) is 12.4 Å². The van der Waals surface area contributed by atoms with Gasteiger partial charge in [-0.2, -0.15) is 0 Å². The summed E-state index contributed by atoms with van der Waals surface area (Å²) in [7, 11) is 0. The van der Waals surface area contributed by atoms with Crippen molar-refractivity contribution in [1.82, 2.24) is 14.5 Å². The molecule has 6 heteroatoms. The Kier molecular flexibility index (Phi) is 5.50. The van der Waals surface area contributed by atoms with Gasteiger partial charge in [0.15, 0.2) is 0 Å². The van der Waals surface area contributed by atoms with Crippen molar-refractivity contribution < 1.29 is 9.50 Å². The van der Waals surface area contributed by atoms with Gasteiger partial charge in [0.1, 0.15) is 23.3 Å². The van der Waals surface area contributed by atoms with E-state index in [9.17, 15) is 9.50 Å². The van der Waals surface area contributed by atoms with Crippen molar-refractivity contribution in [1.29, 1.82) is 0 Å². The van der Waals surface area contributed by atoms with E-state index < -0.39 is 0 Å². The lowest BCUT2D eigenvalue weighted by molar-refractivity contribution is 0.264. The minimum absolute atomic E-state index is 0.156. The van der Waals surface area contributed by atoms with Crippen LogP contribution in [0.2, 0.25) is 0 Å². The molecule has 0 unspecified atom stereocenters. The van der Waals surface area contributed by atoms with Crippen LogP contribution in [0.1, 0.15) is 37.0 Å². The van der Waals surface area contributed by atoms with Crippen LogP contribution in [0.15, 0.2) is 58.6 Å². The lowest BCUT2D eigenvalue weighted by Crippen LogP contribution is -2.07. The average Bonchev–Trinajstić information content (AvgIpc) is 2.94. The minimum Gasteiger partial charge on any atom is -0.388 e. The van der Waals surface area contributed by atoms with Crippen LogP contribution in [0.25, 0.3) is 0 Å². The summed E-state index contributed by atoms with van der Waals surface area (Å²) in [5, 5.41) is 10.7. The Morgan fingerprint density at radius 3 is 2.68 bits per heavy atom. The van der Waals surface area contributed by atoms with Crippen molar-refractivity contribution in [3.8, 4) is 0 Å². The summed E-state index contributed by atoms with van der Waals surface area (Å²) in [4.78, 5) is 9.78. The van der Waals surface area contributed by atoms with Gasteiger partial charge in [0, 0.05) is 11.1 Å². The van der Waals surface area contributed by atoms with Gasteiger partial charge in [0.25, 0.3) is 0 Å². The van der Waals surface area contributed by atoms with Crippen LogP contribution in [0.5, 0.6) is 0 Å². The number of benzene rings is 1. The van der Waals surface area contributed by atoms with Crippen molar-refractivity contribution in [2.75, 3.05) is 0 Å². The molecule has 0 atom stereocenters. The molecule has 0 saturated heterocycles. The highest BCUT2D eigenvalue weighted by molar-refractivity contribution is 7.99. The van der Waals surface area contributed by atoms with Gasteiger partial charge in [0.2, 0.25) is 0 Å². The molecule has 0 bridgehead atoms. The Bertz CT molecular complexity index is 849. The molecule has 1 aromatic carbocycles. The number of hydrogen-bond donors (Lipinski definition) is 1. The summed E-state index contributed by atoms with van der Waals surface area (Å²) >= 11 is 1.46. The second-order valence-electron chi connectivity index (χ2n) is 6.00. The topological polar surface area (TPSA) is 50.9 Å². The number of hydrogen-bond acceptors (Lipinski definition) is 4. The van der Waals surface area contributed by atoms with Crippen LogP contribution in [0.3, 0.4) is 0 Å². The van der Waals surface area contributed by atoms with E-state index in [1.165, 1.54) is 23.9 Å². The first-order valence-electron chi connectivity index (χ1n) is 8.12. The standard InChI is InChI=1S/C19H20FN3OS/c1-13(2)18-19(25-16-8-5-6-14(20)10-16)23(17(12-24)22-18)11-15-7-3-4-9-21-15/h3-10,13,24H,11-12H2,1-2H3. The van der Waals surface area contributed by atoms with Crippen LogP contribution in [-0.4, -0.2) is 19.6 Å². The molecular formula is C19H20FN3OS. The molecule has 2 heterocycles. The molecule has 2 aromatic heterocycles. The molecule has 0 spiro atoms. The van der Waals surface area contributed by atoms with Gasteiger partial charge in [-0.05, 0) is 36.2 Å². The SMILES string of the molecule is CC(C)c1nc(CO)n(Cc2ccccn2)c1Sc1cccc(F)c1. The largest absolute Gasteiger partial charge is 0.388 e. The Morgan fingerprint density at radius 1 is 1.20 bits per heavy atom. The molecule has 25 heavy (non-hydrogen) atoms. The maximum Gasteiger partial charge on any atom is 0.136 e. The fourth-order valence-electron chi connectivity index (χ4n) is 2.57. The lowest BCUT2D eigenvalue weighted by atomic mass is 10.1. The van der Waals surface area contributed by atoms with Crippen LogP contribution < -0.4 is 0 Å². The third-order valence-electron chi connectivity index (χ3n) is 3.77. The molecule has 0 aliphatic heterocycles. The second-order valence-corrected chi connectivity index (χ2v) is 7.06.